The largest absolute Gasteiger partial charge is 0.459 e. The first kappa shape index (κ1) is 31.6. The third kappa shape index (κ3) is 5.03. The summed E-state index contributed by atoms with van der Waals surface area (Å²) in [6.45, 7) is 9.18. The van der Waals surface area contributed by atoms with Crippen LogP contribution in [0.15, 0.2) is 23.8 Å². The van der Waals surface area contributed by atoms with Crippen LogP contribution in [0.5, 0.6) is 0 Å². The normalized spacial score (nSPS) is 46.2. The van der Waals surface area contributed by atoms with Crippen molar-refractivity contribution < 1.29 is 53.8 Å². The monoisotopic (exact) mass is 580 g/mol. The van der Waals surface area contributed by atoms with Gasteiger partial charge in [-0.05, 0) is 38.8 Å². The molecule has 11 nitrogen and oxygen atoms in total. The Kier molecular flexibility index (Phi) is 8.54. The van der Waals surface area contributed by atoms with Gasteiger partial charge in [-0.3, -0.25) is 9.59 Å². The maximum Gasteiger partial charge on any atom is 0.342 e. The molecule has 4 aliphatic rings. The summed E-state index contributed by atoms with van der Waals surface area (Å²) in [5.41, 5.74) is -6.52. The Bertz CT molecular complexity index is 1110. The van der Waals surface area contributed by atoms with Gasteiger partial charge in [0.2, 0.25) is 0 Å². The van der Waals surface area contributed by atoms with Crippen LogP contribution in [0.3, 0.4) is 0 Å². The van der Waals surface area contributed by atoms with E-state index in [0.29, 0.717) is 12.0 Å². The number of aliphatic hydroxyl groups excluding tert-OH is 3. The lowest BCUT2D eigenvalue weighted by Gasteiger charge is -2.55. The second kappa shape index (κ2) is 11.1. The lowest BCUT2D eigenvalue weighted by atomic mass is 9.55. The Labute approximate surface area is 240 Å². The van der Waals surface area contributed by atoms with E-state index in [-0.39, 0.29) is 6.42 Å². The van der Waals surface area contributed by atoms with E-state index in [1.54, 1.807) is 6.92 Å². The average Bonchev–Trinajstić information content (AvgIpc) is 3.48. The molecule has 0 unspecified atom stereocenters. The third-order valence-electron chi connectivity index (χ3n) is 9.55. The van der Waals surface area contributed by atoms with Crippen LogP contribution in [0.1, 0.15) is 80.1 Å². The molecule has 1 spiro atoms. The van der Waals surface area contributed by atoms with Gasteiger partial charge in [-0.1, -0.05) is 51.7 Å². The minimum absolute atomic E-state index is 0.120. The molecule has 2 saturated heterocycles. The van der Waals surface area contributed by atoms with Crippen molar-refractivity contribution in [2.24, 2.45) is 11.3 Å². The highest BCUT2D eigenvalue weighted by atomic mass is 16.7. The van der Waals surface area contributed by atoms with Gasteiger partial charge in [0, 0.05) is 24.7 Å². The molecule has 11 heteroatoms. The average molecular weight is 581 g/mol. The first-order valence-corrected chi connectivity index (χ1v) is 14.5. The topological polar surface area (TPSA) is 172 Å². The standard InChI is InChI=1S/C30H44O11/c1-7-8-9-10-11-12-20(33)40-22-16(2)15-19-30(29(6,41-30)26(36)39-19)25(38-17(3)31)23-27(4,24(35)21(22)34)14-13-18(32)28(23,5)37/h13-15,18-19,21-25,32,34-35,37H,7-12H2,1-6H3/b16-15-/t18-,19+,21-,22+,23-,24+,25+,27+,28-,29+,30+/m1/s1. The summed E-state index contributed by atoms with van der Waals surface area (Å²) in [7, 11) is 0. The Balaban J connectivity index is 1.82. The number of aliphatic hydroxyl groups is 4. The minimum atomic E-state index is -2.04. The fourth-order valence-corrected chi connectivity index (χ4v) is 7.09. The number of epoxide rings is 1. The van der Waals surface area contributed by atoms with Gasteiger partial charge in [0.1, 0.15) is 18.3 Å². The Morgan fingerprint density at radius 1 is 1.05 bits per heavy atom. The smallest absolute Gasteiger partial charge is 0.342 e. The van der Waals surface area contributed by atoms with E-state index in [4.69, 9.17) is 18.9 Å². The zero-order valence-electron chi connectivity index (χ0n) is 24.7. The quantitative estimate of drug-likeness (QED) is 0.108. The molecule has 4 N–H and O–H groups in total. The third-order valence-corrected chi connectivity index (χ3v) is 9.55. The molecule has 0 radical (unpaired) electrons. The second-order valence-electron chi connectivity index (χ2n) is 12.6. The molecule has 2 fully saturated rings. The fraction of sp³-hybridized carbons (Fsp3) is 0.767. The molecular weight excluding hydrogens is 536 g/mol. The Morgan fingerprint density at radius 2 is 1.71 bits per heavy atom. The molecule has 2 aliphatic heterocycles. The molecule has 0 aromatic carbocycles. The second-order valence-corrected chi connectivity index (χ2v) is 12.6. The van der Waals surface area contributed by atoms with Crippen LogP contribution in [0.2, 0.25) is 0 Å². The number of hydrogen-bond acceptors (Lipinski definition) is 11. The maximum absolute atomic E-state index is 13.1. The first-order chi connectivity index (χ1) is 19.1. The van der Waals surface area contributed by atoms with Crippen molar-refractivity contribution in [2.75, 3.05) is 0 Å². The van der Waals surface area contributed by atoms with Gasteiger partial charge in [-0.15, -0.1) is 0 Å². The minimum Gasteiger partial charge on any atom is -0.459 e. The Morgan fingerprint density at radius 3 is 2.32 bits per heavy atom. The molecule has 0 amide bonds. The highest BCUT2D eigenvalue weighted by Gasteiger charge is 2.87. The van der Waals surface area contributed by atoms with E-state index < -0.39 is 82.7 Å². The van der Waals surface area contributed by atoms with Gasteiger partial charge < -0.3 is 39.4 Å². The number of fused-ring (bicyclic) bond motifs is 1. The lowest BCUT2D eigenvalue weighted by molar-refractivity contribution is -0.220. The highest BCUT2D eigenvalue weighted by Crippen LogP contribution is 2.65. The van der Waals surface area contributed by atoms with Crippen LogP contribution < -0.4 is 0 Å². The van der Waals surface area contributed by atoms with Crippen LogP contribution in [0.25, 0.3) is 0 Å². The number of ether oxygens (including phenoxy) is 4. The molecule has 0 aromatic rings. The summed E-state index contributed by atoms with van der Waals surface area (Å²) in [6, 6.07) is 0. The number of unbranched alkanes of at least 4 members (excludes halogenated alkanes) is 4. The predicted octanol–water partition coefficient (Wildman–Crippen LogP) is 1.63. The molecule has 11 atom stereocenters. The summed E-state index contributed by atoms with van der Waals surface area (Å²) < 4.78 is 23.3. The van der Waals surface area contributed by atoms with Crippen LogP contribution in [0.4, 0.5) is 0 Å². The first-order valence-electron chi connectivity index (χ1n) is 14.5. The van der Waals surface area contributed by atoms with Crippen molar-refractivity contribution in [2.45, 2.75) is 133 Å². The number of carbonyl (C=O) groups excluding carboxylic acids is 3. The van der Waals surface area contributed by atoms with Gasteiger partial charge in [-0.25, -0.2) is 4.79 Å². The lowest BCUT2D eigenvalue weighted by Crippen LogP contribution is -2.68. The molecular formula is C30H44O11. The molecule has 0 bridgehead atoms. The maximum atomic E-state index is 13.1. The molecule has 0 saturated carbocycles. The van der Waals surface area contributed by atoms with E-state index >= 15 is 0 Å². The summed E-state index contributed by atoms with van der Waals surface area (Å²) in [5.74, 6) is -3.35. The van der Waals surface area contributed by atoms with Crippen LogP contribution in [0, 0.1) is 11.3 Å². The van der Waals surface area contributed by atoms with E-state index in [9.17, 15) is 34.8 Å². The Hall–Kier alpha value is -2.31. The number of hydrogen-bond donors (Lipinski definition) is 4. The molecule has 230 valence electrons. The molecule has 2 aliphatic carbocycles. The predicted molar refractivity (Wildman–Crippen MR) is 144 cm³/mol. The summed E-state index contributed by atoms with van der Waals surface area (Å²) in [5, 5.41) is 45.9. The van der Waals surface area contributed by atoms with Crippen LogP contribution >= 0.6 is 0 Å². The zero-order chi connectivity index (χ0) is 30.5. The molecule has 0 aromatic heterocycles. The fourth-order valence-electron chi connectivity index (χ4n) is 7.09. The van der Waals surface area contributed by atoms with Gasteiger partial charge in [0.05, 0.1) is 11.7 Å². The van der Waals surface area contributed by atoms with E-state index in [0.717, 1.165) is 32.6 Å². The molecule has 4 rings (SSSR count). The van der Waals surface area contributed by atoms with Crippen molar-refractivity contribution in [1.29, 1.82) is 0 Å². The van der Waals surface area contributed by atoms with Gasteiger partial charge in [-0.2, -0.15) is 0 Å². The highest BCUT2D eigenvalue weighted by molar-refractivity contribution is 5.89. The van der Waals surface area contributed by atoms with Crippen LogP contribution in [-0.2, 0) is 33.3 Å². The van der Waals surface area contributed by atoms with Gasteiger partial charge >= 0.3 is 17.9 Å². The SMILES string of the molecule is CCCCCCCC(=O)O[C@H]1/C(C)=C\[C@@H]2OC(=O)[C@]3(C)O[C@]23[C@@H](OC(C)=O)[C@H]2[C@](C)(O)[C@H](O)C=C[C@]2(C)[C@@H](O)[C@@H]1O. The van der Waals surface area contributed by atoms with E-state index in [1.165, 1.54) is 39.0 Å². The van der Waals surface area contributed by atoms with Crippen molar-refractivity contribution in [1.82, 2.24) is 0 Å². The van der Waals surface area contributed by atoms with E-state index in [1.807, 2.05) is 0 Å². The summed E-state index contributed by atoms with van der Waals surface area (Å²) in [4.78, 5) is 38.4. The van der Waals surface area contributed by atoms with Gasteiger partial charge in [0.15, 0.2) is 23.4 Å². The van der Waals surface area contributed by atoms with Crippen molar-refractivity contribution in [3.63, 3.8) is 0 Å². The zero-order valence-corrected chi connectivity index (χ0v) is 24.7. The number of rotatable bonds is 8. The van der Waals surface area contributed by atoms with E-state index in [2.05, 4.69) is 6.92 Å². The van der Waals surface area contributed by atoms with Crippen molar-refractivity contribution in [3.05, 3.63) is 23.8 Å². The molecule has 2 heterocycles. The van der Waals surface area contributed by atoms with Crippen LogP contribution in [-0.4, -0.2) is 91.8 Å². The molecule has 41 heavy (non-hydrogen) atoms. The van der Waals surface area contributed by atoms with Crippen molar-refractivity contribution in [3.8, 4) is 0 Å². The summed E-state index contributed by atoms with van der Waals surface area (Å²) in [6.07, 6.45) is 0.148. The van der Waals surface area contributed by atoms with Gasteiger partial charge in [0.25, 0.3) is 0 Å². The van der Waals surface area contributed by atoms with Crippen molar-refractivity contribution >= 4 is 17.9 Å². The number of esters is 3. The summed E-state index contributed by atoms with van der Waals surface area (Å²) >= 11 is 0. The number of carbonyl (C=O) groups is 3.